The second kappa shape index (κ2) is 49.2. The molecule has 1 aliphatic rings. The van der Waals surface area contributed by atoms with Crippen LogP contribution < -0.4 is 5.32 Å². The Bertz CT molecular complexity index is 1310. The van der Waals surface area contributed by atoms with Crippen molar-refractivity contribution >= 4 is 5.91 Å². The smallest absolute Gasteiger partial charge is 0.220 e. The predicted molar refractivity (Wildman–Crippen MR) is 290 cm³/mol. The highest BCUT2D eigenvalue weighted by Gasteiger charge is 2.44. The second-order valence-corrected chi connectivity index (χ2v) is 19.7. The van der Waals surface area contributed by atoms with E-state index in [1.54, 1.807) is 6.08 Å². The van der Waals surface area contributed by atoms with Gasteiger partial charge in [-0.2, -0.15) is 0 Å². The van der Waals surface area contributed by atoms with Crippen LogP contribution in [0.5, 0.6) is 0 Å². The Balaban J connectivity index is 2.26. The lowest BCUT2D eigenvalue weighted by Gasteiger charge is -2.40. The summed E-state index contributed by atoms with van der Waals surface area (Å²) in [5, 5.41) is 54.5. The van der Waals surface area contributed by atoms with E-state index >= 15 is 0 Å². The molecule has 0 saturated carbocycles. The van der Waals surface area contributed by atoms with E-state index in [1.807, 2.05) is 6.08 Å². The SMILES string of the molecule is CC/C=C\C/C=C\C/C=C\C/C=C\C/C=C\CCCCCCCCCC(=O)NC(COC1OC(CO)C(O)C(O)C1O)C(O)/C=C/CCCCCCCCCCCCCCCCCCCCCCC. The Labute approximate surface area is 423 Å². The largest absolute Gasteiger partial charge is 0.394 e. The van der Waals surface area contributed by atoms with Crippen molar-refractivity contribution in [3.05, 3.63) is 72.9 Å². The number of nitrogens with one attached hydrogen (secondary N) is 1. The van der Waals surface area contributed by atoms with Gasteiger partial charge in [0.25, 0.3) is 0 Å². The normalized spacial score (nSPS) is 20.0. The maximum absolute atomic E-state index is 13.1. The molecule has 69 heavy (non-hydrogen) atoms. The van der Waals surface area contributed by atoms with Crippen LogP contribution in [0.4, 0.5) is 0 Å². The van der Waals surface area contributed by atoms with Gasteiger partial charge in [0.1, 0.15) is 24.4 Å². The third kappa shape index (κ3) is 38.9. The van der Waals surface area contributed by atoms with Crippen LogP contribution in [0.15, 0.2) is 72.9 Å². The molecule has 9 heteroatoms. The molecule has 0 aromatic carbocycles. The van der Waals surface area contributed by atoms with Gasteiger partial charge in [-0.1, -0.05) is 247 Å². The minimum Gasteiger partial charge on any atom is -0.394 e. The van der Waals surface area contributed by atoms with Crippen molar-refractivity contribution in [3.8, 4) is 0 Å². The first-order valence-electron chi connectivity index (χ1n) is 28.7. The molecule has 1 heterocycles. The number of aliphatic hydroxyl groups excluding tert-OH is 5. The summed E-state index contributed by atoms with van der Waals surface area (Å²) in [5.41, 5.74) is 0. The zero-order valence-corrected chi connectivity index (χ0v) is 44.3. The summed E-state index contributed by atoms with van der Waals surface area (Å²) < 4.78 is 11.3. The molecule has 1 rings (SSSR count). The number of unbranched alkanes of at least 4 members (excludes halogenated alkanes) is 28. The number of hydrogen-bond acceptors (Lipinski definition) is 8. The average Bonchev–Trinajstić information content (AvgIpc) is 3.35. The van der Waals surface area contributed by atoms with E-state index in [4.69, 9.17) is 9.47 Å². The second-order valence-electron chi connectivity index (χ2n) is 19.7. The Kier molecular flexibility index (Phi) is 46.1. The number of ether oxygens (including phenoxy) is 2. The van der Waals surface area contributed by atoms with Crippen LogP contribution >= 0.6 is 0 Å². The molecule has 6 N–H and O–H groups in total. The first-order chi connectivity index (χ1) is 33.8. The Morgan fingerprint density at radius 1 is 0.507 bits per heavy atom. The molecule has 1 aliphatic heterocycles. The molecule has 0 aliphatic carbocycles. The van der Waals surface area contributed by atoms with Gasteiger partial charge in [0.05, 0.1) is 25.4 Å². The van der Waals surface area contributed by atoms with Crippen LogP contribution in [0.1, 0.15) is 245 Å². The fourth-order valence-corrected chi connectivity index (χ4v) is 8.77. The summed E-state index contributed by atoms with van der Waals surface area (Å²) in [5.74, 6) is -0.189. The van der Waals surface area contributed by atoms with Crippen molar-refractivity contribution in [1.82, 2.24) is 5.32 Å². The number of amides is 1. The van der Waals surface area contributed by atoms with Gasteiger partial charge in [-0.3, -0.25) is 4.79 Å². The van der Waals surface area contributed by atoms with Crippen molar-refractivity contribution in [2.75, 3.05) is 13.2 Å². The monoisotopic (exact) mass is 970 g/mol. The van der Waals surface area contributed by atoms with Gasteiger partial charge in [-0.25, -0.2) is 0 Å². The maximum atomic E-state index is 13.1. The highest BCUT2D eigenvalue weighted by Crippen LogP contribution is 2.23. The van der Waals surface area contributed by atoms with Gasteiger partial charge in [0.2, 0.25) is 5.91 Å². The minimum absolute atomic E-state index is 0.189. The highest BCUT2D eigenvalue weighted by atomic mass is 16.7. The van der Waals surface area contributed by atoms with Crippen molar-refractivity contribution in [1.29, 1.82) is 0 Å². The zero-order chi connectivity index (χ0) is 50.1. The molecule has 7 unspecified atom stereocenters. The molecular weight excluding hydrogens is 863 g/mol. The van der Waals surface area contributed by atoms with E-state index < -0.39 is 49.5 Å². The number of aliphatic hydroxyl groups is 5. The van der Waals surface area contributed by atoms with Gasteiger partial charge in [0, 0.05) is 6.42 Å². The molecule has 0 aromatic heterocycles. The molecule has 1 saturated heterocycles. The summed E-state index contributed by atoms with van der Waals surface area (Å²) in [6.07, 6.45) is 61.0. The lowest BCUT2D eigenvalue weighted by Crippen LogP contribution is -2.60. The Hall–Kier alpha value is -2.37. The fraction of sp³-hybridized carbons (Fsp3) is 0.783. The van der Waals surface area contributed by atoms with Gasteiger partial charge in [-0.05, 0) is 64.2 Å². The molecule has 0 aromatic rings. The van der Waals surface area contributed by atoms with Gasteiger partial charge < -0.3 is 40.3 Å². The molecule has 7 atom stereocenters. The van der Waals surface area contributed by atoms with Crippen molar-refractivity contribution in [3.63, 3.8) is 0 Å². The first-order valence-corrected chi connectivity index (χ1v) is 28.7. The van der Waals surface area contributed by atoms with Crippen LogP contribution in [0.25, 0.3) is 0 Å². The standard InChI is InChI=1S/C60H107NO8/c1-3-5-7-9-11-13-15-17-19-21-23-25-27-29-31-33-35-37-39-41-43-45-47-49-54(63)53(52-68-60-59(67)58(66)57(65)55(51-62)69-60)61-56(64)50-48-46-44-42-40-38-36-34-32-30-28-26-24-22-20-18-16-14-12-10-8-6-4-2/h6,8,12,14,18,20,24,26,30,32,47,49,53-55,57-60,62-63,65-67H,3-5,7,9-11,13,15-17,19,21-23,25,27-29,31,33-46,48,50-52H2,1-2H3,(H,61,64)/b8-6-,14-12-,20-18-,26-24-,32-30-,49-47+. The van der Waals surface area contributed by atoms with E-state index in [2.05, 4.69) is 79.9 Å². The zero-order valence-electron chi connectivity index (χ0n) is 44.3. The van der Waals surface area contributed by atoms with Crippen LogP contribution in [0, 0.1) is 0 Å². The summed E-state index contributed by atoms with van der Waals surface area (Å²) in [6.45, 7) is 3.67. The number of hydrogen-bond donors (Lipinski definition) is 6. The van der Waals surface area contributed by atoms with Crippen molar-refractivity contribution in [2.24, 2.45) is 0 Å². The highest BCUT2D eigenvalue weighted by molar-refractivity contribution is 5.76. The van der Waals surface area contributed by atoms with E-state index in [9.17, 15) is 30.3 Å². The van der Waals surface area contributed by atoms with Crippen LogP contribution in [0.2, 0.25) is 0 Å². The number of carbonyl (C=O) groups excluding carboxylic acids is 1. The lowest BCUT2D eigenvalue weighted by molar-refractivity contribution is -0.302. The van der Waals surface area contributed by atoms with Crippen molar-refractivity contribution < 1.29 is 39.8 Å². The molecule has 400 valence electrons. The van der Waals surface area contributed by atoms with Crippen LogP contribution in [-0.4, -0.2) is 87.5 Å². The van der Waals surface area contributed by atoms with Crippen LogP contribution in [-0.2, 0) is 14.3 Å². The van der Waals surface area contributed by atoms with Gasteiger partial charge in [0.15, 0.2) is 6.29 Å². The first kappa shape index (κ1) is 64.6. The summed E-state index contributed by atoms with van der Waals surface area (Å²) in [6, 6.07) is -0.816. The molecule has 9 nitrogen and oxygen atoms in total. The van der Waals surface area contributed by atoms with Gasteiger partial charge >= 0.3 is 0 Å². The lowest BCUT2D eigenvalue weighted by atomic mass is 9.99. The molecular formula is C60H107NO8. The number of rotatable bonds is 48. The van der Waals surface area contributed by atoms with E-state index in [-0.39, 0.29) is 12.5 Å². The molecule has 0 spiro atoms. The molecule has 1 amide bonds. The third-order valence-corrected chi connectivity index (χ3v) is 13.3. The van der Waals surface area contributed by atoms with Gasteiger partial charge in [-0.15, -0.1) is 0 Å². The maximum Gasteiger partial charge on any atom is 0.220 e. The third-order valence-electron chi connectivity index (χ3n) is 13.3. The average molecular weight is 971 g/mol. The minimum atomic E-state index is -1.57. The van der Waals surface area contributed by atoms with Crippen molar-refractivity contribution in [2.45, 2.75) is 288 Å². The summed E-state index contributed by atoms with van der Waals surface area (Å²) in [4.78, 5) is 13.1. The Morgan fingerprint density at radius 3 is 1.33 bits per heavy atom. The topological polar surface area (TPSA) is 149 Å². The van der Waals surface area contributed by atoms with E-state index in [0.717, 1.165) is 83.5 Å². The van der Waals surface area contributed by atoms with E-state index in [0.29, 0.717) is 6.42 Å². The molecule has 0 bridgehead atoms. The molecule has 0 radical (unpaired) electrons. The van der Waals surface area contributed by atoms with E-state index in [1.165, 1.54) is 141 Å². The van der Waals surface area contributed by atoms with Crippen LogP contribution in [0.3, 0.4) is 0 Å². The summed E-state index contributed by atoms with van der Waals surface area (Å²) in [7, 11) is 0. The quantitative estimate of drug-likeness (QED) is 0.0261. The summed E-state index contributed by atoms with van der Waals surface area (Å²) >= 11 is 0. The molecule has 1 fully saturated rings. The fourth-order valence-electron chi connectivity index (χ4n) is 8.77. The predicted octanol–water partition coefficient (Wildman–Crippen LogP) is 14.1. The Morgan fingerprint density at radius 2 is 0.899 bits per heavy atom. The number of carbonyl (C=O) groups is 1. The number of allylic oxidation sites excluding steroid dienone is 11.